The molecule has 1 saturated carbocycles. The smallest absolute Gasteiger partial charge is 0.192 e. The molecule has 1 aliphatic carbocycles. The first kappa shape index (κ1) is 11.5. The van der Waals surface area contributed by atoms with E-state index in [0.29, 0.717) is 18.6 Å². The summed E-state index contributed by atoms with van der Waals surface area (Å²) in [5.41, 5.74) is 0.939. The van der Waals surface area contributed by atoms with Crippen LogP contribution >= 0.6 is 0 Å². The lowest BCUT2D eigenvalue weighted by Gasteiger charge is -2.23. The van der Waals surface area contributed by atoms with Crippen molar-refractivity contribution in [2.75, 3.05) is 0 Å². The molecule has 0 amide bonds. The summed E-state index contributed by atoms with van der Waals surface area (Å²) < 4.78 is 13.0. The molecule has 0 saturated heterocycles. The van der Waals surface area contributed by atoms with Gasteiger partial charge in [0.05, 0.1) is 12.1 Å². The Balaban J connectivity index is 1.58. The molecule has 2 aliphatic rings. The summed E-state index contributed by atoms with van der Waals surface area (Å²) in [6.07, 6.45) is 4.96. The van der Waals surface area contributed by atoms with E-state index in [1.54, 1.807) is 12.1 Å². The van der Waals surface area contributed by atoms with Crippen LogP contribution < -0.4 is 10.6 Å². The number of nitrogens with one attached hydrogen (secondary N) is 2. The molecule has 3 rings (SSSR count). The SMILES string of the molecule is Fc1cccc(CNC2=N[C@@H]3CCCC[C@@H]3N2)c1. The number of nitrogens with zero attached hydrogens (tertiary/aromatic N) is 1. The van der Waals surface area contributed by atoms with E-state index < -0.39 is 0 Å². The predicted octanol–water partition coefficient (Wildman–Crippen LogP) is 2.19. The van der Waals surface area contributed by atoms with Gasteiger partial charge in [0.2, 0.25) is 0 Å². The molecule has 0 aromatic heterocycles. The average Bonchev–Trinajstić information content (AvgIpc) is 2.79. The molecule has 2 atom stereocenters. The first-order valence-electron chi connectivity index (χ1n) is 6.64. The number of rotatable bonds is 2. The van der Waals surface area contributed by atoms with Crippen molar-refractivity contribution in [2.24, 2.45) is 4.99 Å². The van der Waals surface area contributed by atoms with Crippen molar-refractivity contribution >= 4 is 5.96 Å². The fourth-order valence-corrected chi connectivity index (χ4v) is 2.74. The maximum absolute atomic E-state index is 13.0. The minimum absolute atomic E-state index is 0.190. The molecule has 18 heavy (non-hydrogen) atoms. The number of halogens is 1. The topological polar surface area (TPSA) is 36.4 Å². The Morgan fingerprint density at radius 1 is 1.33 bits per heavy atom. The molecule has 1 aromatic carbocycles. The quantitative estimate of drug-likeness (QED) is 0.840. The number of aliphatic imine (C=N–C) groups is 1. The van der Waals surface area contributed by atoms with Gasteiger partial charge in [-0.15, -0.1) is 0 Å². The lowest BCUT2D eigenvalue weighted by atomic mass is 9.92. The highest BCUT2D eigenvalue weighted by Crippen LogP contribution is 2.24. The first-order valence-corrected chi connectivity index (χ1v) is 6.64. The van der Waals surface area contributed by atoms with Gasteiger partial charge in [-0.2, -0.15) is 0 Å². The van der Waals surface area contributed by atoms with Gasteiger partial charge < -0.3 is 10.6 Å². The summed E-state index contributed by atoms with van der Waals surface area (Å²) in [4.78, 5) is 4.65. The van der Waals surface area contributed by atoms with Gasteiger partial charge in [-0.3, -0.25) is 0 Å². The van der Waals surface area contributed by atoms with Crippen LogP contribution in [0, 0.1) is 5.82 Å². The Morgan fingerprint density at radius 3 is 3.06 bits per heavy atom. The molecule has 1 aliphatic heterocycles. The summed E-state index contributed by atoms with van der Waals surface area (Å²) in [7, 11) is 0. The number of hydrogen-bond acceptors (Lipinski definition) is 3. The van der Waals surface area contributed by atoms with Crippen LogP contribution in [-0.4, -0.2) is 18.0 Å². The van der Waals surface area contributed by atoms with Crippen molar-refractivity contribution in [3.63, 3.8) is 0 Å². The molecule has 0 bridgehead atoms. The normalized spacial score (nSPS) is 26.2. The summed E-state index contributed by atoms with van der Waals surface area (Å²) >= 11 is 0. The number of guanidine groups is 1. The molecule has 96 valence electrons. The van der Waals surface area contributed by atoms with E-state index in [-0.39, 0.29) is 5.82 Å². The second kappa shape index (κ2) is 4.96. The minimum atomic E-state index is -0.190. The maximum Gasteiger partial charge on any atom is 0.192 e. The van der Waals surface area contributed by atoms with Gasteiger partial charge in [-0.25, -0.2) is 9.38 Å². The lowest BCUT2D eigenvalue weighted by molar-refractivity contribution is 0.384. The van der Waals surface area contributed by atoms with Crippen molar-refractivity contribution in [1.82, 2.24) is 10.6 Å². The Kier molecular flexibility index (Phi) is 3.17. The van der Waals surface area contributed by atoms with Crippen LogP contribution in [0.3, 0.4) is 0 Å². The standard InChI is InChI=1S/C14H18FN3/c15-11-5-3-4-10(8-11)9-16-14-17-12-6-1-2-7-13(12)18-14/h3-5,8,12-13H,1-2,6-7,9H2,(H2,16,17,18)/t12-,13+. The molecule has 3 nitrogen and oxygen atoms in total. The van der Waals surface area contributed by atoms with Crippen molar-refractivity contribution in [3.8, 4) is 0 Å². The third-order valence-electron chi connectivity index (χ3n) is 3.70. The highest BCUT2D eigenvalue weighted by molar-refractivity contribution is 5.82. The highest BCUT2D eigenvalue weighted by Gasteiger charge is 2.30. The second-order valence-corrected chi connectivity index (χ2v) is 5.06. The Morgan fingerprint density at radius 2 is 2.22 bits per heavy atom. The lowest BCUT2D eigenvalue weighted by Crippen LogP contribution is -2.41. The fraction of sp³-hybridized carbons (Fsp3) is 0.500. The molecule has 2 N–H and O–H groups in total. The third-order valence-corrected chi connectivity index (χ3v) is 3.70. The zero-order valence-electron chi connectivity index (χ0n) is 10.3. The number of benzene rings is 1. The number of hydrogen-bond donors (Lipinski definition) is 2. The fourth-order valence-electron chi connectivity index (χ4n) is 2.74. The molecule has 1 fully saturated rings. The maximum atomic E-state index is 13.0. The van der Waals surface area contributed by atoms with E-state index in [9.17, 15) is 4.39 Å². The highest BCUT2D eigenvalue weighted by atomic mass is 19.1. The molecule has 0 radical (unpaired) electrons. The van der Waals surface area contributed by atoms with Crippen molar-refractivity contribution in [1.29, 1.82) is 0 Å². The van der Waals surface area contributed by atoms with Crippen molar-refractivity contribution < 1.29 is 4.39 Å². The van der Waals surface area contributed by atoms with Crippen LogP contribution in [-0.2, 0) is 6.54 Å². The van der Waals surface area contributed by atoms with Gasteiger partial charge in [-0.1, -0.05) is 25.0 Å². The summed E-state index contributed by atoms with van der Waals surface area (Å²) in [5.74, 6) is 0.681. The Bertz CT molecular complexity index is 458. The van der Waals surface area contributed by atoms with Crippen LogP contribution in [0.2, 0.25) is 0 Å². The van der Waals surface area contributed by atoms with E-state index >= 15 is 0 Å². The molecule has 1 aromatic rings. The van der Waals surface area contributed by atoms with E-state index in [0.717, 1.165) is 11.5 Å². The van der Waals surface area contributed by atoms with Gasteiger partial charge in [0, 0.05) is 6.54 Å². The molecule has 0 unspecified atom stereocenters. The zero-order chi connectivity index (χ0) is 12.4. The van der Waals surface area contributed by atoms with Crippen LogP contribution in [0.25, 0.3) is 0 Å². The van der Waals surface area contributed by atoms with Gasteiger partial charge in [0.15, 0.2) is 5.96 Å². The van der Waals surface area contributed by atoms with E-state index in [2.05, 4.69) is 15.6 Å². The van der Waals surface area contributed by atoms with Crippen LogP contribution in [0.4, 0.5) is 4.39 Å². The average molecular weight is 247 g/mol. The summed E-state index contributed by atoms with van der Waals surface area (Å²) in [6.45, 7) is 0.614. The first-order chi connectivity index (χ1) is 8.81. The second-order valence-electron chi connectivity index (χ2n) is 5.06. The summed E-state index contributed by atoms with van der Waals surface area (Å²) in [6, 6.07) is 7.61. The zero-order valence-corrected chi connectivity index (χ0v) is 10.3. The van der Waals surface area contributed by atoms with Crippen LogP contribution in [0.15, 0.2) is 29.3 Å². The molecule has 4 heteroatoms. The van der Waals surface area contributed by atoms with Crippen molar-refractivity contribution in [2.45, 2.75) is 44.3 Å². The Hall–Kier alpha value is -1.58. The summed E-state index contributed by atoms with van der Waals surface area (Å²) in [5, 5.41) is 6.68. The largest absolute Gasteiger partial charge is 0.352 e. The van der Waals surface area contributed by atoms with Gasteiger partial charge in [0.25, 0.3) is 0 Å². The van der Waals surface area contributed by atoms with Crippen LogP contribution in [0.5, 0.6) is 0 Å². The monoisotopic (exact) mass is 247 g/mol. The van der Waals surface area contributed by atoms with E-state index in [1.165, 1.54) is 31.7 Å². The van der Waals surface area contributed by atoms with Gasteiger partial charge >= 0.3 is 0 Å². The Labute approximate surface area is 106 Å². The molecular weight excluding hydrogens is 229 g/mol. The number of fused-ring (bicyclic) bond motifs is 1. The van der Waals surface area contributed by atoms with Gasteiger partial charge in [-0.05, 0) is 30.5 Å². The third kappa shape index (κ3) is 2.47. The van der Waals surface area contributed by atoms with E-state index in [4.69, 9.17) is 0 Å². The predicted molar refractivity (Wildman–Crippen MR) is 69.9 cm³/mol. The minimum Gasteiger partial charge on any atom is -0.352 e. The molecule has 1 heterocycles. The van der Waals surface area contributed by atoms with Crippen LogP contribution in [0.1, 0.15) is 31.2 Å². The molecule has 0 spiro atoms. The van der Waals surface area contributed by atoms with Gasteiger partial charge in [0.1, 0.15) is 5.82 Å². The van der Waals surface area contributed by atoms with E-state index in [1.807, 2.05) is 6.07 Å². The van der Waals surface area contributed by atoms with Crippen molar-refractivity contribution in [3.05, 3.63) is 35.6 Å². The molecular formula is C14H18FN3.